The van der Waals surface area contributed by atoms with Gasteiger partial charge in [-0.3, -0.25) is 9.36 Å². The molecule has 0 aliphatic carbocycles. The maximum Gasteiger partial charge on any atom is 0.416 e. The first-order chi connectivity index (χ1) is 13.8. The monoisotopic (exact) mass is 423 g/mol. The number of halogens is 3. The van der Waals surface area contributed by atoms with Gasteiger partial charge in [0.25, 0.3) is 5.91 Å². The van der Waals surface area contributed by atoms with Crippen molar-refractivity contribution in [3.63, 3.8) is 0 Å². The van der Waals surface area contributed by atoms with E-state index in [9.17, 15) is 22.8 Å². The number of aromatic amines is 1. The van der Waals surface area contributed by atoms with E-state index in [1.807, 2.05) is 0 Å². The van der Waals surface area contributed by atoms with E-state index in [-0.39, 0.29) is 23.3 Å². The number of carbonyl (C=O) groups is 1. The standard InChI is InChI=1S/C18H16F3N5O2S/c19-18(20,21)11-3-1-10(2-4-11)16-23-13(9-29-16)15(27)22-12-5-6-14-24-25-17(28)26(14)8-7-12/h1-4,9,12H,5-8H2,(H,22,27)(H,25,28). The molecule has 4 rings (SSSR count). The van der Waals surface area contributed by atoms with Crippen molar-refractivity contribution in [3.05, 3.63) is 57.2 Å². The summed E-state index contributed by atoms with van der Waals surface area (Å²) >= 11 is 1.19. The summed E-state index contributed by atoms with van der Waals surface area (Å²) in [5.74, 6) is 0.322. The number of nitrogens with one attached hydrogen (secondary N) is 2. The van der Waals surface area contributed by atoms with Gasteiger partial charge in [0.1, 0.15) is 16.5 Å². The van der Waals surface area contributed by atoms with E-state index in [2.05, 4.69) is 20.5 Å². The lowest BCUT2D eigenvalue weighted by molar-refractivity contribution is -0.137. The second kappa shape index (κ2) is 7.47. The zero-order valence-electron chi connectivity index (χ0n) is 15.0. The minimum absolute atomic E-state index is 0.125. The minimum atomic E-state index is -4.40. The average molecular weight is 423 g/mol. The smallest absolute Gasteiger partial charge is 0.348 e. The average Bonchev–Trinajstić information content (AvgIpc) is 3.25. The molecule has 3 aromatic rings. The second-order valence-corrected chi connectivity index (χ2v) is 7.57. The fourth-order valence-electron chi connectivity index (χ4n) is 3.22. The van der Waals surface area contributed by atoms with Crippen LogP contribution < -0.4 is 11.0 Å². The maximum absolute atomic E-state index is 12.7. The number of H-pyrrole nitrogens is 1. The summed E-state index contributed by atoms with van der Waals surface area (Å²) in [6.07, 6.45) is -2.59. The largest absolute Gasteiger partial charge is 0.416 e. The molecule has 0 radical (unpaired) electrons. The Morgan fingerprint density at radius 1 is 1.24 bits per heavy atom. The highest BCUT2D eigenvalue weighted by Crippen LogP contribution is 2.31. The Bertz CT molecular complexity index is 1080. The third-order valence-corrected chi connectivity index (χ3v) is 5.68. The van der Waals surface area contributed by atoms with Crippen molar-refractivity contribution in [1.29, 1.82) is 0 Å². The third-order valence-electron chi connectivity index (χ3n) is 4.79. The molecule has 0 fully saturated rings. The van der Waals surface area contributed by atoms with Crippen molar-refractivity contribution in [2.75, 3.05) is 0 Å². The minimum Gasteiger partial charge on any atom is -0.348 e. The molecular formula is C18H16F3N5O2S. The number of amides is 1. The number of aryl methyl sites for hydroxylation is 1. The first-order valence-corrected chi connectivity index (χ1v) is 9.77. The number of benzene rings is 1. The molecule has 7 nitrogen and oxygen atoms in total. The quantitative estimate of drug-likeness (QED) is 0.678. The number of hydrogen-bond acceptors (Lipinski definition) is 5. The molecule has 3 heterocycles. The van der Waals surface area contributed by atoms with Gasteiger partial charge in [0.05, 0.1) is 5.56 Å². The van der Waals surface area contributed by atoms with Gasteiger partial charge in [0.15, 0.2) is 0 Å². The number of rotatable bonds is 3. The molecule has 1 aliphatic heterocycles. The fraction of sp³-hybridized carbons (Fsp3) is 0.333. The normalized spacial score (nSPS) is 16.9. The van der Waals surface area contributed by atoms with E-state index in [0.717, 1.165) is 12.1 Å². The van der Waals surface area contributed by atoms with Gasteiger partial charge in [-0.1, -0.05) is 12.1 Å². The van der Waals surface area contributed by atoms with Crippen LogP contribution in [0.1, 0.15) is 34.7 Å². The van der Waals surface area contributed by atoms with Gasteiger partial charge in [0, 0.05) is 30.0 Å². The Kier molecular flexibility index (Phi) is 4.99. The summed E-state index contributed by atoms with van der Waals surface area (Å²) in [6.45, 7) is 0.462. The summed E-state index contributed by atoms with van der Waals surface area (Å²) in [5, 5.41) is 11.4. The summed E-state index contributed by atoms with van der Waals surface area (Å²) in [7, 11) is 0. The van der Waals surface area contributed by atoms with Crippen molar-refractivity contribution in [1.82, 2.24) is 25.1 Å². The van der Waals surface area contributed by atoms with Crippen LogP contribution in [-0.2, 0) is 19.1 Å². The van der Waals surface area contributed by atoms with Gasteiger partial charge in [-0.25, -0.2) is 14.9 Å². The molecule has 152 valence electrons. The van der Waals surface area contributed by atoms with E-state index >= 15 is 0 Å². The molecule has 29 heavy (non-hydrogen) atoms. The molecule has 0 bridgehead atoms. The number of nitrogens with zero attached hydrogens (tertiary/aromatic N) is 3. The van der Waals surface area contributed by atoms with Gasteiger partial charge in [-0.15, -0.1) is 11.3 Å². The maximum atomic E-state index is 12.7. The van der Waals surface area contributed by atoms with Gasteiger partial charge < -0.3 is 5.32 Å². The summed E-state index contributed by atoms with van der Waals surface area (Å²) in [4.78, 5) is 28.5. The topological polar surface area (TPSA) is 92.7 Å². The number of fused-ring (bicyclic) bond motifs is 1. The van der Waals surface area contributed by atoms with Crippen LogP contribution in [0.2, 0.25) is 0 Å². The van der Waals surface area contributed by atoms with E-state index in [4.69, 9.17) is 0 Å². The highest BCUT2D eigenvalue weighted by atomic mass is 32.1. The van der Waals surface area contributed by atoms with Crippen LogP contribution in [0.3, 0.4) is 0 Å². The van der Waals surface area contributed by atoms with E-state index < -0.39 is 11.7 Å². The van der Waals surface area contributed by atoms with Crippen LogP contribution in [0.4, 0.5) is 13.2 Å². The number of aromatic nitrogens is 4. The van der Waals surface area contributed by atoms with Crippen LogP contribution in [0.5, 0.6) is 0 Å². The number of hydrogen-bond donors (Lipinski definition) is 2. The molecule has 0 saturated heterocycles. The Hall–Kier alpha value is -2.95. The molecular weight excluding hydrogens is 407 g/mol. The molecule has 1 aliphatic rings. The van der Waals surface area contributed by atoms with Crippen LogP contribution in [-0.4, -0.2) is 31.7 Å². The summed E-state index contributed by atoms with van der Waals surface area (Å²) in [5.41, 5.74) is -0.263. The van der Waals surface area contributed by atoms with Crippen molar-refractivity contribution in [2.24, 2.45) is 0 Å². The Morgan fingerprint density at radius 2 is 2.00 bits per heavy atom. The first-order valence-electron chi connectivity index (χ1n) is 8.89. The molecule has 1 unspecified atom stereocenters. The van der Waals surface area contributed by atoms with Crippen molar-refractivity contribution >= 4 is 17.2 Å². The summed E-state index contributed by atoms with van der Waals surface area (Å²) < 4.78 is 39.6. The predicted molar refractivity (Wildman–Crippen MR) is 99.6 cm³/mol. The van der Waals surface area contributed by atoms with Crippen molar-refractivity contribution in [2.45, 2.75) is 38.0 Å². The highest BCUT2D eigenvalue weighted by molar-refractivity contribution is 7.13. The lowest BCUT2D eigenvalue weighted by Crippen LogP contribution is -2.35. The fourth-order valence-corrected chi connectivity index (χ4v) is 4.03. The van der Waals surface area contributed by atoms with Crippen LogP contribution in [0.15, 0.2) is 34.4 Å². The Morgan fingerprint density at radius 3 is 2.72 bits per heavy atom. The molecule has 2 aromatic heterocycles. The SMILES string of the molecule is O=C(NC1CCc2n[nH]c(=O)n2CC1)c1csc(-c2ccc(C(F)(F)F)cc2)n1. The highest BCUT2D eigenvalue weighted by Gasteiger charge is 2.30. The van der Waals surface area contributed by atoms with Crippen molar-refractivity contribution < 1.29 is 18.0 Å². The molecule has 1 atom stereocenters. The van der Waals surface area contributed by atoms with Crippen molar-refractivity contribution in [3.8, 4) is 10.6 Å². The zero-order valence-corrected chi connectivity index (χ0v) is 15.8. The van der Waals surface area contributed by atoms with Gasteiger partial charge in [-0.05, 0) is 25.0 Å². The van der Waals surface area contributed by atoms with Crippen LogP contribution in [0, 0.1) is 0 Å². The molecule has 2 N–H and O–H groups in total. The van der Waals surface area contributed by atoms with E-state index in [0.29, 0.717) is 42.2 Å². The van der Waals surface area contributed by atoms with E-state index in [1.54, 1.807) is 9.95 Å². The van der Waals surface area contributed by atoms with E-state index in [1.165, 1.54) is 23.5 Å². The first kappa shape index (κ1) is 19.4. The Balaban J connectivity index is 1.42. The second-order valence-electron chi connectivity index (χ2n) is 6.71. The lowest BCUT2D eigenvalue weighted by Gasteiger charge is -2.14. The molecule has 0 spiro atoms. The molecule has 11 heteroatoms. The zero-order chi connectivity index (χ0) is 20.6. The third kappa shape index (κ3) is 4.09. The summed E-state index contributed by atoms with van der Waals surface area (Å²) in [6, 6.07) is 4.54. The molecule has 1 amide bonds. The number of alkyl halides is 3. The van der Waals surface area contributed by atoms with Gasteiger partial charge in [-0.2, -0.15) is 18.3 Å². The number of carbonyl (C=O) groups excluding carboxylic acids is 1. The number of thiazole rings is 1. The predicted octanol–water partition coefficient (Wildman–Crippen LogP) is 2.85. The molecule has 0 saturated carbocycles. The van der Waals surface area contributed by atoms with Crippen LogP contribution >= 0.6 is 11.3 Å². The van der Waals surface area contributed by atoms with Gasteiger partial charge in [0.2, 0.25) is 0 Å². The Labute approximate surface area is 166 Å². The van der Waals surface area contributed by atoms with Gasteiger partial charge >= 0.3 is 11.9 Å². The lowest BCUT2D eigenvalue weighted by atomic mass is 10.1. The van der Waals surface area contributed by atoms with Crippen LogP contribution in [0.25, 0.3) is 10.6 Å². The molecule has 1 aromatic carbocycles.